The number of benzene rings is 1. The summed E-state index contributed by atoms with van der Waals surface area (Å²) in [6.45, 7) is 5.90. The molecular weight excluding hydrogens is 280 g/mol. The maximum Gasteiger partial charge on any atom is 0.256 e. The molecule has 5 heteroatoms. The van der Waals surface area contributed by atoms with Crippen molar-refractivity contribution >= 4 is 11.7 Å². The molecule has 0 aliphatic rings. The Morgan fingerprint density at radius 3 is 2.82 bits per heavy atom. The summed E-state index contributed by atoms with van der Waals surface area (Å²) in [7, 11) is 1.53. The molecule has 0 unspecified atom stereocenters. The lowest BCUT2D eigenvalue weighted by Crippen LogP contribution is -2.13. The van der Waals surface area contributed by atoms with Crippen LogP contribution in [0.1, 0.15) is 15.9 Å². The van der Waals surface area contributed by atoms with Crippen molar-refractivity contribution in [2.24, 2.45) is 0 Å². The van der Waals surface area contributed by atoms with Crippen LogP contribution in [0.3, 0.4) is 0 Å². The minimum Gasteiger partial charge on any atom is -0.493 e. The van der Waals surface area contributed by atoms with Gasteiger partial charge >= 0.3 is 0 Å². The monoisotopic (exact) mass is 298 g/mol. The summed E-state index contributed by atoms with van der Waals surface area (Å²) >= 11 is 0. The van der Waals surface area contributed by atoms with E-state index in [0.29, 0.717) is 29.5 Å². The highest BCUT2D eigenvalue weighted by Crippen LogP contribution is 2.28. The highest BCUT2D eigenvalue weighted by atomic mass is 16.5. The molecule has 1 N–H and O–H groups in total. The molecule has 5 nitrogen and oxygen atoms in total. The van der Waals surface area contributed by atoms with Gasteiger partial charge in [-0.2, -0.15) is 0 Å². The summed E-state index contributed by atoms with van der Waals surface area (Å²) in [5.74, 6) is 1.31. The van der Waals surface area contributed by atoms with E-state index in [-0.39, 0.29) is 5.91 Å². The van der Waals surface area contributed by atoms with Gasteiger partial charge in [-0.3, -0.25) is 4.79 Å². The summed E-state index contributed by atoms with van der Waals surface area (Å²) in [4.78, 5) is 16.4. The van der Waals surface area contributed by atoms with Crippen LogP contribution >= 0.6 is 0 Å². The molecule has 0 atom stereocenters. The zero-order chi connectivity index (χ0) is 15.9. The van der Waals surface area contributed by atoms with Gasteiger partial charge in [0.05, 0.1) is 7.11 Å². The minimum absolute atomic E-state index is 0.258. The fourth-order valence-corrected chi connectivity index (χ4v) is 1.87. The van der Waals surface area contributed by atoms with Crippen molar-refractivity contribution in [3.8, 4) is 11.5 Å². The van der Waals surface area contributed by atoms with Crippen LogP contribution in [0.15, 0.2) is 49.2 Å². The van der Waals surface area contributed by atoms with Crippen LogP contribution in [0.25, 0.3) is 0 Å². The van der Waals surface area contributed by atoms with Gasteiger partial charge in [-0.15, -0.1) is 0 Å². The number of carbonyl (C=O) groups excluding carboxylic acids is 1. The van der Waals surface area contributed by atoms with E-state index in [0.717, 1.165) is 5.56 Å². The maximum absolute atomic E-state index is 12.3. The molecule has 0 aliphatic heterocycles. The topological polar surface area (TPSA) is 60.5 Å². The number of nitrogens with zero attached hydrogens (tertiary/aromatic N) is 1. The number of nitrogens with one attached hydrogen (secondary N) is 1. The Morgan fingerprint density at radius 1 is 1.32 bits per heavy atom. The molecule has 0 saturated carbocycles. The van der Waals surface area contributed by atoms with Crippen molar-refractivity contribution in [3.63, 3.8) is 0 Å². The van der Waals surface area contributed by atoms with E-state index in [1.54, 1.807) is 36.5 Å². The van der Waals surface area contributed by atoms with Gasteiger partial charge in [0, 0.05) is 11.8 Å². The maximum atomic E-state index is 12.3. The van der Waals surface area contributed by atoms with Crippen LogP contribution < -0.4 is 14.8 Å². The van der Waals surface area contributed by atoms with Gasteiger partial charge in [-0.1, -0.05) is 12.7 Å². The number of aromatic nitrogens is 1. The third kappa shape index (κ3) is 3.85. The molecule has 0 fully saturated rings. The SMILES string of the molecule is C=CCOc1ccc(C(=O)Nc2cc(C)ccn2)cc1OC. The molecule has 114 valence electrons. The number of aryl methyl sites for hydroxylation is 1. The lowest BCUT2D eigenvalue weighted by molar-refractivity contribution is 0.102. The first-order valence-corrected chi connectivity index (χ1v) is 6.79. The molecule has 0 radical (unpaired) electrons. The fourth-order valence-electron chi connectivity index (χ4n) is 1.87. The highest BCUT2D eigenvalue weighted by Gasteiger charge is 2.11. The normalized spacial score (nSPS) is 9.91. The summed E-state index contributed by atoms with van der Waals surface area (Å²) in [6, 6.07) is 8.66. The van der Waals surface area contributed by atoms with Gasteiger partial charge < -0.3 is 14.8 Å². The predicted molar refractivity (Wildman–Crippen MR) is 85.6 cm³/mol. The van der Waals surface area contributed by atoms with Crippen molar-refractivity contribution in [1.82, 2.24) is 4.98 Å². The molecule has 0 spiro atoms. The molecule has 1 heterocycles. The van der Waals surface area contributed by atoms with Gasteiger partial charge in [0.1, 0.15) is 12.4 Å². The molecule has 0 aliphatic carbocycles. The van der Waals surface area contributed by atoms with Crippen LogP contribution in [-0.4, -0.2) is 24.6 Å². The van der Waals surface area contributed by atoms with Crippen LogP contribution in [0.4, 0.5) is 5.82 Å². The Kier molecular flexibility index (Phi) is 5.14. The zero-order valence-corrected chi connectivity index (χ0v) is 12.6. The van der Waals surface area contributed by atoms with Gasteiger partial charge in [0.2, 0.25) is 0 Å². The molecule has 2 aromatic rings. The van der Waals surface area contributed by atoms with Gasteiger partial charge in [0.25, 0.3) is 5.91 Å². The number of amides is 1. The number of carbonyl (C=O) groups is 1. The molecular formula is C17H18N2O3. The molecule has 1 aromatic heterocycles. The van der Waals surface area contributed by atoms with Crippen molar-refractivity contribution in [1.29, 1.82) is 0 Å². The first kappa shape index (κ1) is 15.6. The smallest absolute Gasteiger partial charge is 0.256 e. The third-order valence-electron chi connectivity index (χ3n) is 2.94. The Labute approximate surface area is 129 Å². The Bertz CT molecular complexity index is 683. The lowest BCUT2D eigenvalue weighted by atomic mass is 10.2. The number of rotatable bonds is 6. The van der Waals surface area contributed by atoms with E-state index in [2.05, 4.69) is 16.9 Å². The Hall–Kier alpha value is -2.82. The molecule has 1 amide bonds. The van der Waals surface area contributed by atoms with Crippen molar-refractivity contribution in [2.75, 3.05) is 19.0 Å². The quantitative estimate of drug-likeness (QED) is 0.832. The lowest BCUT2D eigenvalue weighted by Gasteiger charge is -2.11. The molecule has 1 aromatic carbocycles. The Morgan fingerprint density at radius 2 is 2.14 bits per heavy atom. The van der Waals surface area contributed by atoms with E-state index in [9.17, 15) is 4.79 Å². The predicted octanol–water partition coefficient (Wildman–Crippen LogP) is 3.22. The number of methoxy groups -OCH3 is 1. The molecule has 22 heavy (non-hydrogen) atoms. The number of hydrogen-bond donors (Lipinski definition) is 1. The summed E-state index contributed by atoms with van der Waals surface area (Å²) in [6.07, 6.45) is 3.29. The Balaban J connectivity index is 2.17. The van der Waals surface area contributed by atoms with E-state index in [1.807, 2.05) is 13.0 Å². The van der Waals surface area contributed by atoms with Crippen molar-refractivity contribution < 1.29 is 14.3 Å². The van der Waals surface area contributed by atoms with E-state index in [4.69, 9.17) is 9.47 Å². The third-order valence-corrected chi connectivity index (χ3v) is 2.94. The van der Waals surface area contributed by atoms with Gasteiger partial charge in [-0.25, -0.2) is 4.98 Å². The summed E-state index contributed by atoms with van der Waals surface area (Å²) < 4.78 is 10.7. The van der Waals surface area contributed by atoms with Crippen LogP contribution in [0.2, 0.25) is 0 Å². The first-order valence-electron chi connectivity index (χ1n) is 6.79. The average Bonchev–Trinajstić information content (AvgIpc) is 2.52. The molecule has 2 rings (SSSR count). The van der Waals surface area contributed by atoms with Crippen LogP contribution in [-0.2, 0) is 0 Å². The second kappa shape index (κ2) is 7.26. The summed E-state index contributed by atoms with van der Waals surface area (Å²) in [5.41, 5.74) is 1.49. The second-order valence-electron chi connectivity index (χ2n) is 4.64. The van der Waals surface area contributed by atoms with Gasteiger partial charge in [0.15, 0.2) is 11.5 Å². The number of pyridine rings is 1. The number of ether oxygens (including phenoxy) is 2. The van der Waals surface area contributed by atoms with Crippen LogP contribution in [0.5, 0.6) is 11.5 Å². The highest BCUT2D eigenvalue weighted by molar-refractivity contribution is 6.04. The molecule has 0 saturated heterocycles. The van der Waals surface area contributed by atoms with Crippen molar-refractivity contribution in [3.05, 3.63) is 60.3 Å². The zero-order valence-electron chi connectivity index (χ0n) is 12.6. The minimum atomic E-state index is -0.258. The largest absolute Gasteiger partial charge is 0.493 e. The number of anilines is 1. The fraction of sp³-hybridized carbons (Fsp3) is 0.176. The van der Waals surface area contributed by atoms with E-state index >= 15 is 0 Å². The van der Waals surface area contributed by atoms with E-state index in [1.165, 1.54) is 7.11 Å². The standard InChI is InChI=1S/C17H18N2O3/c1-4-9-22-14-6-5-13(11-15(14)21-3)17(20)19-16-10-12(2)7-8-18-16/h4-8,10-11H,1,9H2,2-3H3,(H,18,19,20). The van der Waals surface area contributed by atoms with Crippen molar-refractivity contribution in [2.45, 2.75) is 6.92 Å². The molecule has 0 bridgehead atoms. The second-order valence-corrected chi connectivity index (χ2v) is 4.64. The van der Waals surface area contributed by atoms with Crippen LogP contribution in [0, 0.1) is 6.92 Å². The first-order chi connectivity index (χ1) is 10.6. The number of hydrogen-bond acceptors (Lipinski definition) is 4. The van der Waals surface area contributed by atoms with Gasteiger partial charge in [-0.05, 0) is 42.8 Å². The summed E-state index contributed by atoms with van der Waals surface area (Å²) in [5, 5.41) is 2.75. The van der Waals surface area contributed by atoms with E-state index < -0.39 is 0 Å². The average molecular weight is 298 g/mol.